The van der Waals surface area contributed by atoms with Crippen LogP contribution in [-0.2, 0) is 14.3 Å². The fourth-order valence-electron chi connectivity index (χ4n) is 2.60. The third kappa shape index (κ3) is 4.92. The number of rotatable bonds is 4. The normalized spacial score (nSPS) is 16.1. The summed E-state index contributed by atoms with van der Waals surface area (Å²) in [6.45, 7) is 3.09. The number of anilines is 1. The topological polar surface area (TPSA) is 90.7 Å². The number of benzene rings is 1. The Bertz CT molecular complexity index is 559. The molecular formula is C16H23ClN2O4. The van der Waals surface area contributed by atoms with Gasteiger partial charge in [-0.1, -0.05) is 0 Å². The zero-order chi connectivity index (χ0) is 16.1. The lowest BCUT2D eigenvalue weighted by Gasteiger charge is -2.26. The zero-order valence-corrected chi connectivity index (χ0v) is 14.2. The van der Waals surface area contributed by atoms with Gasteiger partial charge in [0.2, 0.25) is 5.91 Å². The summed E-state index contributed by atoms with van der Waals surface area (Å²) in [4.78, 5) is 23.8. The van der Waals surface area contributed by atoms with Gasteiger partial charge in [0.25, 0.3) is 0 Å². The van der Waals surface area contributed by atoms with Crippen LogP contribution in [-0.4, -0.2) is 38.2 Å². The number of nitrogens with one attached hydrogen (secondary N) is 1. The highest BCUT2D eigenvalue weighted by atomic mass is 35.5. The molecule has 1 atom stereocenters. The van der Waals surface area contributed by atoms with E-state index < -0.39 is 12.0 Å². The van der Waals surface area contributed by atoms with E-state index in [-0.39, 0.29) is 24.2 Å². The van der Waals surface area contributed by atoms with Crippen molar-refractivity contribution >= 4 is 30.0 Å². The highest BCUT2D eigenvalue weighted by Gasteiger charge is 2.26. The van der Waals surface area contributed by atoms with Crippen molar-refractivity contribution in [2.75, 3.05) is 25.6 Å². The Balaban J connectivity index is 0.00000264. The van der Waals surface area contributed by atoms with Crippen LogP contribution in [0.25, 0.3) is 0 Å². The fraction of sp³-hybridized carbons (Fsp3) is 0.500. The maximum absolute atomic E-state index is 12.2. The van der Waals surface area contributed by atoms with Gasteiger partial charge in [0.1, 0.15) is 0 Å². The second kappa shape index (κ2) is 8.86. The number of aryl methyl sites for hydroxylation is 1. The molecule has 2 rings (SSSR count). The third-order valence-corrected chi connectivity index (χ3v) is 3.98. The number of hydrogen-bond donors (Lipinski definition) is 2. The Morgan fingerprint density at radius 1 is 1.35 bits per heavy atom. The van der Waals surface area contributed by atoms with Crippen LogP contribution in [0.1, 0.15) is 28.8 Å². The summed E-state index contributed by atoms with van der Waals surface area (Å²) in [7, 11) is 1.34. The van der Waals surface area contributed by atoms with E-state index in [1.165, 1.54) is 7.11 Å². The van der Waals surface area contributed by atoms with Crippen LogP contribution in [0.2, 0.25) is 0 Å². The quantitative estimate of drug-likeness (QED) is 0.815. The van der Waals surface area contributed by atoms with Crippen LogP contribution in [0.3, 0.4) is 0 Å². The van der Waals surface area contributed by atoms with Crippen LogP contribution in [0, 0.1) is 12.8 Å². The number of methoxy groups -OCH3 is 1. The molecule has 0 bridgehead atoms. The molecule has 7 heteroatoms. The van der Waals surface area contributed by atoms with Crippen molar-refractivity contribution in [3.8, 4) is 0 Å². The third-order valence-electron chi connectivity index (χ3n) is 3.98. The molecule has 1 unspecified atom stereocenters. The molecule has 1 aliphatic heterocycles. The predicted octanol–water partition coefficient (Wildman–Crippen LogP) is 1.90. The van der Waals surface area contributed by atoms with Gasteiger partial charge < -0.3 is 20.5 Å². The summed E-state index contributed by atoms with van der Waals surface area (Å²) < 4.78 is 9.98. The Hall–Kier alpha value is -1.63. The van der Waals surface area contributed by atoms with Crippen LogP contribution in [0.15, 0.2) is 18.2 Å². The minimum Gasteiger partial charge on any atom is -0.465 e. The molecule has 1 fully saturated rings. The number of nitrogens with two attached hydrogens (primary N) is 1. The van der Waals surface area contributed by atoms with Gasteiger partial charge in [-0.3, -0.25) is 4.79 Å². The molecule has 0 radical (unpaired) electrons. The molecule has 0 aliphatic carbocycles. The summed E-state index contributed by atoms with van der Waals surface area (Å²) in [5.74, 6) is -0.462. The van der Waals surface area contributed by atoms with E-state index in [4.69, 9.17) is 15.2 Å². The largest absolute Gasteiger partial charge is 0.465 e. The lowest BCUT2D eigenvalue weighted by Crippen LogP contribution is -2.44. The van der Waals surface area contributed by atoms with E-state index in [1.54, 1.807) is 25.1 Å². The van der Waals surface area contributed by atoms with Crippen molar-refractivity contribution < 1.29 is 19.1 Å². The van der Waals surface area contributed by atoms with E-state index in [0.717, 1.165) is 18.4 Å². The Morgan fingerprint density at radius 3 is 2.57 bits per heavy atom. The molecule has 0 saturated carbocycles. The first-order valence-corrected chi connectivity index (χ1v) is 7.36. The number of carbonyl (C=O) groups excluding carboxylic acids is 2. The van der Waals surface area contributed by atoms with E-state index >= 15 is 0 Å². The molecule has 0 spiro atoms. The summed E-state index contributed by atoms with van der Waals surface area (Å²) in [5, 5.41) is 2.81. The van der Waals surface area contributed by atoms with Crippen LogP contribution in [0.5, 0.6) is 0 Å². The maximum Gasteiger partial charge on any atom is 0.338 e. The molecular weight excluding hydrogens is 320 g/mol. The van der Waals surface area contributed by atoms with Gasteiger partial charge in [-0.05, 0) is 49.4 Å². The molecule has 3 N–H and O–H groups in total. The molecule has 0 aromatic heterocycles. The molecule has 1 aliphatic rings. The number of amides is 1. The average Bonchev–Trinajstić information content (AvgIpc) is 2.54. The van der Waals surface area contributed by atoms with Gasteiger partial charge in [-0.15, -0.1) is 12.4 Å². The molecule has 23 heavy (non-hydrogen) atoms. The molecule has 128 valence electrons. The highest BCUT2D eigenvalue weighted by molar-refractivity contribution is 5.96. The van der Waals surface area contributed by atoms with Gasteiger partial charge >= 0.3 is 5.97 Å². The van der Waals surface area contributed by atoms with Gasteiger partial charge in [0.05, 0.1) is 18.7 Å². The second-order valence-electron chi connectivity index (χ2n) is 5.49. The SMILES string of the molecule is COC(=O)c1ccc(NC(=O)C(N)C2CCOCC2)cc1C.Cl. The van der Waals surface area contributed by atoms with Gasteiger partial charge in [-0.2, -0.15) is 0 Å². The molecule has 1 amide bonds. The van der Waals surface area contributed by atoms with Crippen molar-refractivity contribution in [2.24, 2.45) is 11.7 Å². The molecule has 6 nitrogen and oxygen atoms in total. The van der Waals surface area contributed by atoms with Crippen LogP contribution < -0.4 is 11.1 Å². The van der Waals surface area contributed by atoms with Crippen molar-refractivity contribution in [1.29, 1.82) is 0 Å². The Kier molecular flexibility index (Phi) is 7.48. The van der Waals surface area contributed by atoms with Crippen LogP contribution in [0.4, 0.5) is 5.69 Å². The van der Waals surface area contributed by atoms with Crippen molar-refractivity contribution in [1.82, 2.24) is 0 Å². The van der Waals surface area contributed by atoms with E-state index in [1.807, 2.05) is 0 Å². The number of ether oxygens (including phenoxy) is 2. The number of esters is 1. The summed E-state index contributed by atoms with van der Waals surface area (Å²) >= 11 is 0. The van der Waals surface area contributed by atoms with Crippen LogP contribution >= 0.6 is 12.4 Å². The first-order chi connectivity index (χ1) is 10.5. The highest BCUT2D eigenvalue weighted by Crippen LogP contribution is 2.20. The fourth-order valence-corrected chi connectivity index (χ4v) is 2.60. The van der Waals surface area contributed by atoms with E-state index in [9.17, 15) is 9.59 Å². The Labute approximate surface area is 142 Å². The molecule has 1 aromatic rings. The molecule has 1 aromatic carbocycles. The van der Waals surface area contributed by atoms with Crippen molar-refractivity contribution in [2.45, 2.75) is 25.8 Å². The average molecular weight is 343 g/mol. The Morgan fingerprint density at radius 2 is 2.00 bits per heavy atom. The zero-order valence-electron chi connectivity index (χ0n) is 13.3. The van der Waals surface area contributed by atoms with Crippen molar-refractivity contribution in [3.05, 3.63) is 29.3 Å². The predicted molar refractivity (Wildman–Crippen MR) is 89.9 cm³/mol. The second-order valence-corrected chi connectivity index (χ2v) is 5.49. The summed E-state index contributed by atoms with van der Waals surface area (Å²) in [6, 6.07) is 4.50. The number of halogens is 1. The van der Waals surface area contributed by atoms with Gasteiger partial charge in [0, 0.05) is 18.9 Å². The van der Waals surface area contributed by atoms with Gasteiger partial charge in [0.15, 0.2) is 0 Å². The molecule has 1 saturated heterocycles. The molecule has 1 heterocycles. The minimum absolute atomic E-state index is 0. The van der Waals surface area contributed by atoms with E-state index in [2.05, 4.69) is 5.32 Å². The summed E-state index contributed by atoms with van der Waals surface area (Å²) in [6.07, 6.45) is 1.60. The minimum atomic E-state index is -0.551. The van der Waals surface area contributed by atoms with E-state index in [0.29, 0.717) is 24.5 Å². The lowest BCUT2D eigenvalue weighted by atomic mass is 9.92. The first kappa shape index (κ1) is 19.4. The summed E-state index contributed by atoms with van der Waals surface area (Å²) in [5.41, 5.74) is 7.88. The number of carbonyl (C=O) groups is 2. The lowest BCUT2D eigenvalue weighted by molar-refractivity contribution is -0.119. The smallest absolute Gasteiger partial charge is 0.338 e. The first-order valence-electron chi connectivity index (χ1n) is 7.36. The number of hydrogen-bond acceptors (Lipinski definition) is 5. The standard InChI is InChI=1S/C16H22N2O4.ClH/c1-10-9-12(3-4-13(10)16(20)21-2)18-15(19)14(17)11-5-7-22-8-6-11;/h3-4,9,11,14H,5-8,17H2,1-2H3,(H,18,19);1H. The monoisotopic (exact) mass is 342 g/mol. The maximum atomic E-state index is 12.2. The van der Waals surface area contributed by atoms with Gasteiger partial charge in [-0.25, -0.2) is 4.79 Å². The van der Waals surface area contributed by atoms with Crippen molar-refractivity contribution in [3.63, 3.8) is 0 Å².